The van der Waals surface area contributed by atoms with Crippen LogP contribution in [-0.4, -0.2) is 44.7 Å². The predicted molar refractivity (Wildman–Crippen MR) is 178 cm³/mol. The van der Waals surface area contributed by atoms with Crippen LogP contribution in [-0.2, 0) is 5.41 Å². The van der Waals surface area contributed by atoms with E-state index in [2.05, 4.69) is 46.7 Å². The zero-order chi connectivity index (χ0) is 31.6. The van der Waals surface area contributed by atoms with Gasteiger partial charge in [-0.2, -0.15) is 5.10 Å². The minimum Gasteiger partial charge on any atom is -0.317 e. The van der Waals surface area contributed by atoms with Crippen molar-refractivity contribution in [3.8, 4) is 5.69 Å². The molecule has 0 bridgehead atoms. The van der Waals surface area contributed by atoms with Crippen LogP contribution in [0.5, 0.6) is 0 Å². The van der Waals surface area contributed by atoms with E-state index in [1.54, 1.807) is 16.9 Å². The number of nitrogens with one attached hydrogen (secondary N) is 3. The van der Waals surface area contributed by atoms with E-state index in [-0.39, 0.29) is 17.1 Å². The number of piperidine rings is 1. The van der Waals surface area contributed by atoms with E-state index in [1.165, 1.54) is 0 Å². The summed E-state index contributed by atoms with van der Waals surface area (Å²) in [6.07, 6.45) is 3.44. The molecule has 1 saturated heterocycles. The van der Waals surface area contributed by atoms with Crippen LogP contribution in [0.25, 0.3) is 16.7 Å². The molecule has 2 amide bonds. The lowest BCUT2D eigenvalue weighted by Crippen LogP contribution is -2.34. The molecule has 9 heteroatoms. The average Bonchev–Trinajstić information content (AvgIpc) is 3.46. The lowest BCUT2D eigenvalue weighted by Gasteiger charge is -2.30. The first kappa shape index (κ1) is 30.1. The maximum atomic E-state index is 14.1. The Bertz CT molecular complexity index is 1830. The van der Waals surface area contributed by atoms with Gasteiger partial charge in [0.25, 0.3) is 0 Å². The van der Waals surface area contributed by atoms with Crippen molar-refractivity contribution in [2.45, 2.75) is 51.9 Å². The number of hydrogen-bond donors (Lipinski definition) is 3. The highest BCUT2D eigenvalue weighted by molar-refractivity contribution is 6.02. The fourth-order valence-electron chi connectivity index (χ4n) is 5.87. The number of carbonyl (C=O) groups excluding carboxylic acids is 2. The molecule has 2 aromatic carbocycles. The number of aromatic nitrogens is 4. The molecule has 1 aliphatic rings. The zero-order valence-corrected chi connectivity index (χ0v) is 26.2. The summed E-state index contributed by atoms with van der Waals surface area (Å²) in [4.78, 5) is 36.5. The molecule has 230 valence electrons. The van der Waals surface area contributed by atoms with Gasteiger partial charge in [0.1, 0.15) is 11.5 Å². The molecule has 0 spiro atoms. The second kappa shape index (κ2) is 12.6. The molecule has 5 aromatic rings. The van der Waals surface area contributed by atoms with Crippen LogP contribution in [0, 0.1) is 12.8 Å². The van der Waals surface area contributed by atoms with E-state index in [9.17, 15) is 9.59 Å². The van der Waals surface area contributed by atoms with Gasteiger partial charge in [-0.05, 0) is 92.9 Å². The summed E-state index contributed by atoms with van der Waals surface area (Å²) in [5, 5.41) is 15.1. The van der Waals surface area contributed by atoms with Crippen molar-refractivity contribution < 1.29 is 9.59 Å². The van der Waals surface area contributed by atoms with Gasteiger partial charge in [0, 0.05) is 28.8 Å². The maximum Gasteiger partial charge on any atom is 0.324 e. The maximum absolute atomic E-state index is 14.1. The topological polar surface area (TPSA) is 114 Å². The highest BCUT2D eigenvalue weighted by Gasteiger charge is 2.33. The third-order valence-electron chi connectivity index (χ3n) is 8.36. The molecule has 45 heavy (non-hydrogen) atoms. The predicted octanol–water partition coefficient (Wildman–Crippen LogP) is 7.03. The van der Waals surface area contributed by atoms with Gasteiger partial charge in [0.2, 0.25) is 0 Å². The molecule has 4 heterocycles. The summed E-state index contributed by atoms with van der Waals surface area (Å²) in [5.74, 6) is 0.274. The van der Waals surface area contributed by atoms with Crippen LogP contribution >= 0.6 is 0 Å². The Morgan fingerprint density at radius 1 is 0.933 bits per heavy atom. The average molecular weight is 602 g/mol. The molecular formula is C36H39N7O2. The van der Waals surface area contributed by atoms with Crippen LogP contribution in [0.15, 0.2) is 85.1 Å². The minimum absolute atomic E-state index is 0.0345. The molecule has 0 radical (unpaired) electrons. The van der Waals surface area contributed by atoms with Crippen molar-refractivity contribution in [2.24, 2.45) is 5.92 Å². The summed E-state index contributed by atoms with van der Waals surface area (Å²) in [5.41, 5.74) is 5.07. The van der Waals surface area contributed by atoms with Gasteiger partial charge in [-0.25, -0.2) is 19.4 Å². The van der Waals surface area contributed by atoms with E-state index in [0.29, 0.717) is 22.8 Å². The first-order chi connectivity index (χ1) is 21.7. The largest absolute Gasteiger partial charge is 0.324 e. The number of Topliss-reactive ketones (excluding diaryl/α,β-unsaturated/α-hetero) is 1. The number of rotatable bonds is 7. The fraction of sp³-hybridized carbons (Fsp3) is 0.306. The van der Waals surface area contributed by atoms with Crippen LogP contribution in [0.2, 0.25) is 0 Å². The monoisotopic (exact) mass is 601 g/mol. The van der Waals surface area contributed by atoms with Crippen molar-refractivity contribution in [1.29, 1.82) is 0 Å². The molecular weight excluding hydrogens is 562 g/mol. The number of ketones is 1. The van der Waals surface area contributed by atoms with Crippen LogP contribution in [0.4, 0.5) is 16.3 Å². The third kappa shape index (κ3) is 6.78. The molecule has 0 saturated carbocycles. The summed E-state index contributed by atoms with van der Waals surface area (Å²) < 4.78 is 1.76. The quantitative estimate of drug-likeness (QED) is 0.173. The Morgan fingerprint density at radius 2 is 1.71 bits per heavy atom. The standard InChI is InChI=1S/C36H39N7O2/c1-23-10-13-28(14-11-23)43-31(22-30(42-43)36(2,3)4)41-35(45)39-27-9-5-7-26(21-27)32(24-16-19-37-20-17-24)33(44)29-15-12-25-8-6-18-38-34(25)40-29/h5-15,18,21-22,24,32,37H,16-17,19-20H2,1-4H3,(H2,39,41,45). The van der Waals surface area contributed by atoms with Crippen molar-refractivity contribution in [2.75, 3.05) is 23.7 Å². The van der Waals surface area contributed by atoms with Gasteiger partial charge in [-0.1, -0.05) is 50.6 Å². The number of benzene rings is 2. The van der Waals surface area contributed by atoms with Crippen LogP contribution < -0.4 is 16.0 Å². The number of pyridine rings is 2. The van der Waals surface area contributed by atoms with Gasteiger partial charge in [0.15, 0.2) is 11.4 Å². The number of hydrogen-bond acceptors (Lipinski definition) is 6. The van der Waals surface area contributed by atoms with Crippen molar-refractivity contribution in [3.63, 3.8) is 0 Å². The Kier molecular flexibility index (Phi) is 8.45. The normalized spacial score (nSPS) is 14.7. The van der Waals surface area contributed by atoms with Crippen LogP contribution in [0.1, 0.15) is 66.8 Å². The second-order valence-electron chi connectivity index (χ2n) is 12.8. The lowest BCUT2D eigenvalue weighted by molar-refractivity contribution is 0.0911. The summed E-state index contributed by atoms with van der Waals surface area (Å²) >= 11 is 0. The molecule has 9 nitrogen and oxygen atoms in total. The third-order valence-corrected chi connectivity index (χ3v) is 8.36. The van der Waals surface area contributed by atoms with Gasteiger partial charge in [0.05, 0.1) is 17.3 Å². The SMILES string of the molecule is Cc1ccc(-n2nc(C(C)(C)C)cc2NC(=O)Nc2cccc(C(C(=O)c3ccc4cccnc4n3)C3CCNCC3)c2)cc1. The summed E-state index contributed by atoms with van der Waals surface area (Å²) in [6, 6.07) is 24.6. The first-order valence-electron chi connectivity index (χ1n) is 15.5. The molecule has 0 aliphatic carbocycles. The number of anilines is 2. The van der Waals surface area contributed by atoms with E-state index in [4.69, 9.17) is 5.10 Å². The number of nitrogens with zero attached hydrogens (tertiary/aromatic N) is 4. The Hall–Kier alpha value is -4.89. The first-order valence-corrected chi connectivity index (χ1v) is 15.5. The zero-order valence-electron chi connectivity index (χ0n) is 26.2. The van der Waals surface area contributed by atoms with Crippen LogP contribution in [0.3, 0.4) is 0 Å². The molecule has 3 aromatic heterocycles. The van der Waals surface area contributed by atoms with Gasteiger partial charge < -0.3 is 10.6 Å². The fourth-order valence-corrected chi connectivity index (χ4v) is 5.87. The van der Waals surface area contributed by atoms with Gasteiger partial charge in [-0.15, -0.1) is 0 Å². The van der Waals surface area contributed by atoms with Gasteiger partial charge in [-0.3, -0.25) is 10.1 Å². The Balaban J connectivity index is 1.27. The van der Waals surface area contributed by atoms with Crippen molar-refractivity contribution in [3.05, 3.63) is 108 Å². The highest BCUT2D eigenvalue weighted by atomic mass is 16.2. The van der Waals surface area contributed by atoms with E-state index >= 15 is 0 Å². The number of aryl methyl sites for hydroxylation is 1. The van der Waals surface area contributed by atoms with E-state index < -0.39 is 11.9 Å². The molecule has 1 unspecified atom stereocenters. The van der Waals surface area contributed by atoms with E-state index in [0.717, 1.165) is 53.8 Å². The number of carbonyl (C=O) groups is 2. The van der Waals surface area contributed by atoms with Crippen molar-refractivity contribution in [1.82, 2.24) is 25.1 Å². The summed E-state index contributed by atoms with van der Waals surface area (Å²) in [7, 11) is 0. The number of amides is 2. The molecule has 1 atom stereocenters. The van der Waals surface area contributed by atoms with E-state index in [1.807, 2.05) is 79.7 Å². The Labute approximate surface area is 263 Å². The van der Waals surface area contributed by atoms with Gasteiger partial charge >= 0.3 is 6.03 Å². The highest BCUT2D eigenvalue weighted by Crippen LogP contribution is 2.35. The molecule has 3 N–H and O–H groups in total. The lowest BCUT2D eigenvalue weighted by atomic mass is 9.77. The molecule has 6 rings (SSSR count). The number of urea groups is 1. The van der Waals surface area contributed by atoms with Crippen molar-refractivity contribution >= 4 is 34.4 Å². The minimum atomic E-state index is -0.400. The molecule has 1 fully saturated rings. The Morgan fingerprint density at radius 3 is 2.47 bits per heavy atom. The smallest absolute Gasteiger partial charge is 0.317 e. The number of fused-ring (bicyclic) bond motifs is 1. The summed E-state index contributed by atoms with van der Waals surface area (Å²) in [6.45, 7) is 10.0. The second-order valence-corrected chi connectivity index (χ2v) is 12.8. The molecule has 1 aliphatic heterocycles.